The van der Waals surface area contributed by atoms with Crippen LogP contribution < -0.4 is 0 Å². The summed E-state index contributed by atoms with van der Waals surface area (Å²) in [6.07, 6.45) is 7.55. The first-order chi connectivity index (χ1) is 51.3. The van der Waals surface area contributed by atoms with Gasteiger partial charge in [0.15, 0.2) is 11.6 Å². The van der Waals surface area contributed by atoms with Crippen LogP contribution >= 0.6 is 69.6 Å². The summed E-state index contributed by atoms with van der Waals surface area (Å²) in [4.78, 5) is 13.7. The van der Waals surface area contributed by atoms with Crippen LogP contribution in [0, 0.1) is 17.5 Å². The van der Waals surface area contributed by atoms with E-state index in [4.69, 9.17) is 69.6 Å². The van der Waals surface area contributed by atoms with Gasteiger partial charge in [-0.2, -0.15) is 0 Å². The van der Waals surface area contributed by atoms with Gasteiger partial charge in [0, 0.05) is 187 Å². The highest BCUT2D eigenvalue weighted by molar-refractivity contribution is 6.33. The average molecular weight is 1590 g/mol. The van der Waals surface area contributed by atoms with Crippen LogP contribution in [0.1, 0.15) is 114 Å². The van der Waals surface area contributed by atoms with E-state index >= 15 is 0 Å². The van der Waals surface area contributed by atoms with Gasteiger partial charge in [-0.15, -0.1) is 0 Å². The Bertz CT molecular complexity index is 5160. The number of aryl methyl sites for hydroxylation is 1. The molecule has 4 N–H and O–H groups in total. The van der Waals surface area contributed by atoms with Crippen molar-refractivity contribution in [2.24, 2.45) is 0 Å². The quantitative estimate of drug-likeness (QED) is 0.0842. The summed E-state index contributed by atoms with van der Waals surface area (Å²) >= 11 is 36.8. The number of rotatable bonds is 14. The minimum atomic E-state index is -1.35. The first kappa shape index (κ1) is 79.2. The molecule has 4 aliphatic heterocycles. The number of nitrogens with zero attached hydrogens (tertiary/aromatic N) is 9. The van der Waals surface area contributed by atoms with Crippen molar-refractivity contribution < 1.29 is 33.6 Å². The van der Waals surface area contributed by atoms with Crippen LogP contribution in [-0.4, -0.2) is 118 Å². The molecule has 0 saturated carbocycles. The topological polar surface area (TPSA) is 126 Å². The molecule has 0 aliphatic carbocycles. The third-order valence-corrected chi connectivity index (χ3v) is 23.5. The molecule has 22 heteroatoms. The van der Waals surface area contributed by atoms with E-state index in [2.05, 4.69) is 96.2 Å². The molecule has 4 unspecified atom stereocenters. The third kappa shape index (κ3) is 16.8. The molecule has 5 aromatic heterocycles. The number of aliphatic hydroxyl groups is 4. The minimum Gasteiger partial charge on any atom is -0.384 e. The zero-order chi connectivity index (χ0) is 77.1. The Morgan fingerprint density at radius 3 is 0.991 bits per heavy atom. The predicted molar refractivity (Wildman–Crippen MR) is 434 cm³/mol. The molecule has 16 rings (SSSR count). The molecule has 568 valence electrons. The first-order valence-electron chi connectivity index (χ1n) is 36.7. The molecular formula is C86H92Cl6F3N9O4. The number of likely N-dealkylation sites (N-methyl/N-ethyl adjacent to an activating group) is 4. The number of hydrogen-bond acceptors (Lipinski definition) is 9. The van der Waals surface area contributed by atoms with Crippen LogP contribution in [0.3, 0.4) is 0 Å². The van der Waals surface area contributed by atoms with Crippen LogP contribution in [0.5, 0.6) is 0 Å². The molecule has 0 bridgehead atoms. The van der Waals surface area contributed by atoms with Crippen LogP contribution in [0.15, 0.2) is 152 Å². The van der Waals surface area contributed by atoms with Crippen molar-refractivity contribution in [2.75, 3.05) is 54.4 Å². The predicted octanol–water partition coefficient (Wildman–Crippen LogP) is 18.8. The van der Waals surface area contributed by atoms with Crippen molar-refractivity contribution in [1.82, 2.24) is 42.9 Å². The van der Waals surface area contributed by atoms with Gasteiger partial charge < -0.3 is 58.3 Å². The SMILES string of the molecule is CCCc1ccc(C(C)(O)Cn2c3c(c4cc(Cl)ccc42)CN(C)CC3)cn1.CN1CCc2c(c3cc(Cl)ccc3n2CC(C)(O)c2ccc(Cl)c(F)c2)C1.CN1CCc2c(c3cc(Cl)ccc3n2CC(C)(O)c2ccc(Cl)cc2)C1.CN1CCc2c(c3cc(Cl)ccc3n2CC(C)(O)c2ccc(F)c(F)c2)C1. The molecule has 0 spiro atoms. The van der Waals surface area contributed by atoms with E-state index in [9.17, 15) is 33.6 Å². The molecule has 4 atom stereocenters. The smallest absolute Gasteiger partial charge is 0.159 e. The maximum atomic E-state index is 13.9. The zero-order valence-corrected chi connectivity index (χ0v) is 66.9. The van der Waals surface area contributed by atoms with Crippen LogP contribution in [0.25, 0.3) is 43.6 Å². The Morgan fingerprint density at radius 2 is 0.667 bits per heavy atom. The van der Waals surface area contributed by atoms with Crippen LogP contribution in [0.2, 0.25) is 30.1 Å². The summed E-state index contributed by atoms with van der Waals surface area (Å²) in [6, 6.07) is 43.2. The summed E-state index contributed by atoms with van der Waals surface area (Å²) in [5, 5.41) is 53.0. The number of halogens is 9. The molecule has 108 heavy (non-hydrogen) atoms. The van der Waals surface area contributed by atoms with E-state index in [-0.39, 0.29) is 11.6 Å². The highest BCUT2D eigenvalue weighted by atomic mass is 35.5. The number of pyridine rings is 1. The van der Waals surface area contributed by atoms with E-state index < -0.39 is 39.9 Å². The molecular weight excluding hydrogens is 1490 g/mol. The van der Waals surface area contributed by atoms with Crippen molar-refractivity contribution >= 4 is 113 Å². The fourth-order valence-electron chi connectivity index (χ4n) is 16.2. The van der Waals surface area contributed by atoms with Gasteiger partial charge in [0.25, 0.3) is 0 Å². The molecule has 7 aromatic carbocycles. The molecule has 4 aliphatic rings. The molecule has 0 saturated heterocycles. The normalized spacial score (nSPS) is 17.1. The maximum Gasteiger partial charge on any atom is 0.159 e. The third-order valence-electron chi connectivity index (χ3n) is 22.0. The maximum absolute atomic E-state index is 13.9. The fraction of sp³-hybridized carbons (Fsp3) is 0.360. The highest BCUT2D eigenvalue weighted by Crippen LogP contribution is 2.41. The fourth-order valence-corrected chi connectivity index (χ4v) is 17.1. The average Bonchev–Trinajstić information content (AvgIpc) is 1.62. The molecule has 12 aromatic rings. The molecule has 0 radical (unpaired) electrons. The van der Waals surface area contributed by atoms with E-state index in [0.717, 1.165) is 168 Å². The van der Waals surface area contributed by atoms with Gasteiger partial charge in [-0.25, -0.2) is 13.2 Å². The highest BCUT2D eigenvalue weighted by Gasteiger charge is 2.35. The number of fused-ring (bicyclic) bond motifs is 12. The van der Waals surface area contributed by atoms with E-state index in [1.807, 2.05) is 111 Å². The lowest BCUT2D eigenvalue weighted by Crippen LogP contribution is -2.31. The van der Waals surface area contributed by atoms with E-state index in [1.165, 1.54) is 68.3 Å². The second kappa shape index (κ2) is 32.0. The lowest BCUT2D eigenvalue weighted by molar-refractivity contribution is 0.0377. The number of benzene rings is 7. The van der Waals surface area contributed by atoms with Crippen molar-refractivity contribution in [3.05, 3.63) is 272 Å². The van der Waals surface area contributed by atoms with E-state index in [0.29, 0.717) is 45.8 Å². The minimum absolute atomic E-state index is 0.0519. The van der Waals surface area contributed by atoms with Crippen LogP contribution in [0.4, 0.5) is 13.2 Å². The molecule has 0 fully saturated rings. The van der Waals surface area contributed by atoms with Gasteiger partial charge in [0.1, 0.15) is 28.2 Å². The number of hydrogen-bond donors (Lipinski definition) is 4. The lowest BCUT2D eigenvalue weighted by Gasteiger charge is -2.29. The summed E-state index contributed by atoms with van der Waals surface area (Å²) in [7, 11) is 8.47. The summed E-state index contributed by atoms with van der Waals surface area (Å²) < 4.78 is 49.7. The summed E-state index contributed by atoms with van der Waals surface area (Å²) in [5.41, 5.74) is 13.4. The molecule has 0 amide bonds. The van der Waals surface area contributed by atoms with Gasteiger partial charge in [-0.05, 0) is 217 Å². The van der Waals surface area contributed by atoms with Crippen molar-refractivity contribution in [3.8, 4) is 0 Å². The van der Waals surface area contributed by atoms with Gasteiger partial charge in [0.2, 0.25) is 0 Å². The molecule has 9 heterocycles. The lowest BCUT2D eigenvalue weighted by atomic mass is 9.95. The first-order valence-corrected chi connectivity index (χ1v) is 39.0. The standard InChI is InChI=1S/C23H28ClN3O.C21H21Cl2FN2O.C21H22Cl2N2O.C21H21ClF2N2O/c1-4-5-18-8-6-16(13-25-18)23(2,28)15-27-21-9-7-17(24)12-19(21)20-14-26(3)11-10-22(20)27;1-21(27,13-3-5-17(23)18(24)9-13)12-26-19-6-4-14(22)10-15(19)16-11-25(2)8-7-20(16)26;1-21(26,14-3-5-15(22)6-4-14)13-25-19-8-7-16(23)11-17(19)18-12-24(2)10-9-20(18)25;1-21(27,13-3-5-17(23)18(24)9-13)12-26-19-6-4-14(22)10-15(19)16-11-25(2)8-7-20(16)26/h6-9,12-13,28H,4-5,10-11,14-15H2,1-3H3;3-6,9-10,27H,7-8,11-12H2,1-2H3;3-8,11,26H,9-10,12-13H2,1-2H3;3-6,9-10,27H,7-8,11-12H2,1-2H3. The largest absolute Gasteiger partial charge is 0.384 e. The van der Waals surface area contributed by atoms with Gasteiger partial charge >= 0.3 is 0 Å². The van der Waals surface area contributed by atoms with Gasteiger partial charge in [0.05, 0.1) is 31.2 Å². The van der Waals surface area contributed by atoms with Gasteiger partial charge in [-0.3, -0.25) is 4.98 Å². The summed E-state index contributed by atoms with van der Waals surface area (Å²) in [6.45, 7) is 18.2. The number of aromatic nitrogens is 5. The van der Waals surface area contributed by atoms with Gasteiger partial charge in [-0.1, -0.05) is 113 Å². The zero-order valence-electron chi connectivity index (χ0n) is 62.4. The van der Waals surface area contributed by atoms with E-state index in [1.54, 1.807) is 19.9 Å². The Hall–Kier alpha value is -6.94. The Kier molecular flexibility index (Phi) is 23.5. The monoisotopic (exact) mass is 1580 g/mol. The summed E-state index contributed by atoms with van der Waals surface area (Å²) in [5.74, 6) is -2.40. The Morgan fingerprint density at radius 1 is 0.361 bits per heavy atom. The van der Waals surface area contributed by atoms with Crippen molar-refractivity contribution in [1.29, 1.82) is 0 Å². The Balaban J connectivity index is 0.000000127. The van der Waals surface area contributed by atoms with Crippen molar-refractivity contribution in [2.45, 2.75) is 148 Å². The van der Waals surface area contributed by atoms with Crippen molar-refractivity contribution in [3.63, 3.8) is 0 Å². The Labute approximate surface area is 659 Å². The second-order valence-corrected chi connectivity index (χ2v) is 33.4. The second-order valence-electron chi connectivity index (χ2n) is 30.8. The van der Waals surface area contributed by atoms with Crippen LogP contribution in [-0.2, 0) is 107 Å². The molecule has 13 nitrogen and oxygen atoms in total.